The number of alkyl carbamates (subject to hydrolysis) is 1. The third-order valence-corrected chi connectivity index (χ3v) is 2.16. The van der Waals surface area contributed by atoms with Gasteiger partial charge in [0.2, 0.25) is 0 Å². The van der Waals surface area contributed by atoms with Gasteiger partial charge in [0.25, 0.3) is 5.91 Å². The van der Waals surface area contributed by atoms with Gasteiger partial charge in [0, 0.05) is 13.1 Å². The normalized spacial score (nSPS) is 9.83. The van der Waals surface area contributed by atoms with Gasteiger partial charge in [0.1, 0.15) is 0 Å². The molecule has 2 N–H and O–H groups in total. The Balaban J connectivity index is 2.04. The number of nitrogens with one attached hydrogen (secondary N) is 2. The monoisotopic (exact) mass is 254 g/mol. The van der Waals surface area contributed by atoms with Crippen LogP contribution in [0.4, 0.5) is 4.79 Å². The lowest BCUT2D eigenvalue weighted by Crippen LogP contribution is -2.34. The highest BCUT2D eigenvalue weighted by Crippen LogP contribution is 1.98. The van der Waals surface area contributed by atoms with Gasteiger partial charge in [-0.15, -0.1) is 0 Å². The molecular weight excluding hydrogens is 236 g/mol. The second-order valence-corrected chi connectivity index (χ2v) is 3.65. The highest BCUT2D eigenvalue weighted by Gasteiger charge is 2.07. The molecule has 100 valence electrons. The third kappa shape index (κ3) is 5.38. The van der Waals surface area contributed by atoms with Crippen LogP contribution in [0.1, 0.15) is 30.3 Å². The molecule has 1 aromatic rings. The van der Waals surface area contributed by atoms with E-state index in [2.05, 4.69) is 10.6 Å². The summed E-state index contributed by atoms with van der Waals surface area (Å²) in [6, 6.07) is 3.21. The van der Waals surface area contributed by atoms with Crippen LogP contribution in [0.3, 0.4) is 0 Å². The van der Waals surface area contributed by atoms with Crippen LogP contribution in [-0.4, -0.2) is 31.7 Å². The van der Waals surface area contributed by atoms with Crippen molar-refractivity contribution in [2.45, 2.75) is 19.8 Å². The van der Waals surface area contributed by atoms with Crippen LogP contribution >= 0.6 is 0 Å². The van der Waals surface area contributed by atoms with E-state index in [1.165, 1.54) is 6.26 Å². The lowest BCUT2D eigenvalue weighted by atomic mass is 10.4. The van der Waals surface area contributed by atoms with Crippen molar-refractivity contribution in [3.05, 3.63) is 24.2 Å². The molecule has 0 saturated carbocycles. The van der Waals surface area contributed by atoms with Gasteiger partial charge in [0.15, 0.2) is 5.76 Å². The van der Waals surface area contributed by atoms with Gasteiger partial charge < -0.3 is 19.8 Å². The molecular formula is C12H18N2O4. The van der Waals surface area contributed by atoms with Crippen LogP contribution in [0.25, 0.3) is 0 Å². The first-order chi connectivity index (χ1) is 8.74. The Labute approximate surface area is 106 Å². The zero-order valence-electron chi connectivity index (χ0n) is 10.4. The first-order valence-corrected chi connectivity index (χ1v) is 5.96. The van der Waals surface area contributed by atoms with E-state index < -0.39 is 6.09 Å². The van der Waals surface area contributed by atoms with Gasteiger partial charge >= 0.3 is 6.09 Å². The number of hydrogen-bond acceptors (Lipinski definition) is 4. The molecule has 1 aromatic heterocycles. The van der Waals surface area contributed by atoms with Crippen molar-refractivity contribution in [2.75, 3.05) is 19.7 Å². The topological polar surface area (TPSA) is 80.6 Å². The molecule has 0 saturated heterocycles. The van der Waals surface area contributed by atoms with Crippen molar-refractivity contribution in [3.8, 4) is 0 Å². The van der Waals surface area contributed by atoms with Gasteiger partial charge in [-0.2, -0.15) is 0 Å². The Hall–Kier alpha value is -1.98. The molecule has 6 nitrogen and oxygen atoms in total. The maximum atomic E-state index is 11.4. The highest BCUT2D eigenvalue weighted by atomic mass is 16.5. The summed E-state index contributed by atoms with van der Waals surface area (Å²) in [5.41, 5.74) is 0. The van der Waals surface area contributed by atoms with Crippen LogP contribution < -0.4 is 10.6 Å². The molecule has 0 atom stereocenters. The summed E-state index contributed by atoms with van der Waals surface area (Å²) >= 11 is 0. The molecule has 0 aliphatic carbocycles. The fraction of sp³-hybridized carbons (Fsp3) is 0.500. The summed E-state index contributed by atoms with van der Waals surface area (Å²) in [7, 11) is 0. The predicted molar refractivity (Wildman–Crippen MR) is 65.3 cm³/mol. The van der Waals surface area contributed by atoms with E-state index in [0.717, 1.165) is 12.8 Å². The van der Waals surface area contributed by atoms with Crippen LogP contribution in [0.2, 0.25) is 0 Å². The zero-order valence-corrected chi connectivity index (χ0v) is 10.4. The lowest BCUT2D eigenvalue weighted by molar-refractivity contribution is 0.0924. The molecule has 6 heteroatoms. The summed E-state index contributed by atoms with van der Waals surface area (Å²) < 4.78 is 9.80. The van der Waals surface area contributed by atoms with E-state index in [1.54, 1.807) is 12.1 Å². The minimum atomic E-state index is -0.462. The largest absolute Gasteiger partial charge is 0.459 e. The maximum Gasteiger partial charge on any atom is 0.407 e. The van der Waals surface area contributed by atoms with E-state index in [0.29, 0.717) is 19.7 Å². The fourth-order valence-electron chi connectivity index (χ4n) is 1.20. The molecule has 0 aromatic carbocycles. The van der Waals surface area contributed by atoms with Crippen molar-refractivity contribution in [1.82, 2.24) is 10.6 Å². The van der Waals surface area contributed by atoms with Crippen LogP contribution in [0.15, 0.2) is 22.8 Å². The molecule has 18 heavy (non-hydrogen) atoms. The van der Waals surface area contributed by atoms with Crippen LogP contribution in [-0.2, 0) is 4.74 Å². The maximum absolute atomic E-state index is 11.4. The van der Waals surface area contributed by atoms with Gasteiger partial charge in [0.05, 0.1) is 12.9 Å². The van der Waals surface area contributed by atoms with Crippen LogP contribution in [0, 0.1) is 0 Å². The summed E-state index contributed by atoms with van der Waals surface area (Å²) in [5.74, 6) is -0.0540. The molecule has 2 amide bonds. The SMILES string of the molecule is CCCCOC(=O)NCCNC(=O)c1ccco1. The van der Waals surface area contributed by atoms with E-state index in [1.807, 2.05) is 6.92 Å². The molecule has 0 spiro atoms. The minimum Gasteiger partial charge on any atom is -0.459 e. The second-order valence-electron chi connectivity index (χ2n) is 3.65. The minimum absolute atomic E-state index is 0.250. The van der Waals surface area contributed by atoms with E-state index >= 15 is 0 Å². The second kappa shape index (κ2) is 8.16. The number of carbonyl (C=O) groups is 2. The first-order valence-electron chi connectivity index (χ1n) is 5.96. The first kappa shape index (κ1) is 14.1. The van der Waals surface area contributed by atoms with Crippen molar-refractivity contribution in [3.63, 3.8) is 0 Å². The van der Waals surface area contributed by atoms with Crippen molar-refractivity contribution < 1.29 is 18.7 Å². The average molecular weight is 254 g/mol. The van der Waals surface area contributed by atoms with Crippen LogP contribution in [0.5, 0.6) is 0 Å². The molecule has 1 heterocycles. The Kier molecular flexibility index (Phi) is 6.38. The van der Waals surface area contributed by atoms with Gasteiger partial charge in [-0.05, 0) is 18.6 Å². The standard InChI is InChI=1S/C12H18N2O4/c1-2-3-8-18-12(16)14-7-6-13-11(15)10-5-4-9-17-10/h4-5,9H,2-3,6-8H2,1H3,(H,13,15)(H,14,16). The molecule has 0 radical (unpaired) electrons. The Morgan fingerprint density at radius 2 is 2.11 bits per heavy atom. The van der Waals surface area contributed by atoms with Crippen molar-refractivity contribution in [1.29, 1.82) is 0 Å². The average Bonchev–Trinajstić information content (AvgIpc) is 2.88. The van der Waals surface area contributed by atoms with Gasteiger partial charge in [-0.1, -0.05) is 13.3 Å². The third-order valence-electron chi connectivity index (χ3n) is 2.16. The molecule has 0 unspecified atom stereocenters. The summed E-state index contributed by atoms with van der Waals surface area (Å²) in [6.45, 7) is 3.08. The number of ether oxygens (including phenoxy) is 1. The van der Waals surface area contributed by atoms with E-state index in [-0.39, 0.29) is 11.7 Å². The van der Waals surface area contributed by atoms with Gasteiger partial charge in [-0.25, -0.2) is 4.79 Å². The molecule has 0 fully saturated rings. The molecule has 0 aliphatic rings. The molecule has 1 rings (SSSR count). The van der Waals surface area contributed by atoms with Gasteiger partial charge in [-0.3, -0.25) is 4.79 Å². The highest BCUT2D eigenvalue weighted by molar-refractivity contribution is 5.91. The van der Waals surface area contributed by atoms with Crippen molar-refractivity contribution in [2.24, 2.45) is 0 Å². The predicted octanol–water partition coefficient (Wildman–Crippen LogP) is 1.54. The quantitative estimate of drug-likeness (QED) is 0.723. The summed E-state index contributed by atoms with van der Waals surface area (Å²) in [5, 5.41) is 5.14. The van der Waals surface area contributed by atoms with E-state index in [9.17, 15) is 9.59 Å². The number of unbranched alkanes of at least 4 members (excludes halogenated alkanes) is 1. The van der Waals surface area contributed by atoms with E-state index in [4.69, 9.17) is 9.15 Å². The number of furan rings is 1. The Morgan fingerprint density at radius 1 is 1.33 bits per heavy atom. The molecule has 0 aliphatic heterocycles. The Morgan fingerprint density at radius 3 is 2.78 bits per heavy atom. The lowest BCUT2D eigenvalue weighted by Gasteiger charge is -2.06. The summed E-state index contributed by atoms with van der Waals surface area (Å²) in [4.78, 5) is 22.5. The Bertz CT molecular complexity index is 362. The van der Waals surface area contributed by atoms with Crippen molar-refractivity contribution >= 4 is 12.0 Å². The number of hydrogen-bond donors (Lipinski definition) is 2. The molecule has 0 bridgehead atoms. The smallest absolute Gasteiger partial charge is 0.407 e. The number of amides is 2. The fourth-order valence-corrected chi connectivity index (χ4v) is 1.20. The number of rotatable bonds is 7. The zero-order chi connectivity index (χ0) is 13.2. The number of carbonyl (C=O) groups excluding carboxylic acids is 2. The summed E-state index contributed by atoms with van der Waals surface area (Å²) in [6.07, 6.45) is 2.80.